The Morgan fingerprint density at radius 2 is 2.25 bits per heavy atom. The number of methoxy groups -OCH3 is 1. The highest BCUT2D eigenvalue weighted by atomic mass is 16.7. The molecule has 70 valence electrons. The van der Waals surface area contributed by atoms with Gasteiger partial charge in [-0.1, -0.05) is 6.92 Å². The number of esters is 1. The lowest BCUT2D eigenvalue weighted by atomic mass is 10.4. The van der Waals surface area contributed by atoms with Crippen molar-refractivity contribution in [3.8, 4) is 0 Å². The molecule has 1 unspecified atom stereocenters. The Morgan fingerprint density at radius 3 is 2.58 bits per heavy atom. The Labute approximate surface area is 72.3 Å². The molecule has 2 N–H and O–H groups in total. The van der Waals surface area contributed by atoms with E-state index in [1.165, 1.54) is 13.2 Å². The maximum atomic E-state index is 10.9. The molecule has 0 heterocycles. The van der Waals surface area contributed by atoms with E-state index in [0.29, 0.717) is 12.1 Å². The summed E-state index contributed by atoms with van der Waals surface area (Å²) in [4.78, 5) is 10.9. The number of allylic oxidation sites excluding steroid dienone is 1. The van der Waals surface area contributed by atoms with Crippen LogP contribution in [-0.4, -0.2) is 19.4 Å². The van der Waals surface area contributed by atoms with Crippen molar-refractivity contribution >= 4 is 5.97 Å². The summed E-state index contributed by atoms with van der Waals surface area (Å²) in [6.07, 6.45) is 1.37. The molecule has 0 aromatic heterocycles. The molecule has 0 aromatic rings. The predicted octanol–water partition coefficient (Wildman–Crippen LogP) is 0.775. The first-order valence-electron chi connectivity index (χ1n) is 3.77. The van der Waals surface area contributed by atoms with Crippen LogP contribution >= 0.6 is 0 Å². The molecule has 0 rings (SSSR count). The lowest BCUT2D eigenvalue weighted by Gasteiger charge is -2.12. The Bertz CT molecular complexity index is 169. The van der Waals surface area contributed by atoms with Crippen molar-refractivity contribution in [2.45, 2.75) is 26.6 Å². The number of ether oxygens (including phenoxy) is 2. The third-order valence-corrected chi connectivity index (χ3v) is 1.19. The zero-order valence-electron chi connectivity index (χ0n) is 7.66. The second-order valence-electron chi connectivity index (χ2n) is 2.40. The topological polar surface area (TPSA) is 61.5 Å². The van der Waals surface area contributed by atoms with E-state index < -0.39 is 12.3 Å². The number of carbonyl (C=O) groups excluding carboxylic acids is 1. The Balaban J connectivity index is 3.90. The number of hydrogen-bond acceptors (Lipinski definition) is 4. The normalized spacial score (nSPS) is 14.1. The second-order valence-corrected chi connectivity index (χ2v) is 2.40. The third-order valence-electron chi connectivity index (χ3n) is 1.19. The fourth-order valence-corrected chi connectivity index (χ4v) is 0.648. The van der Waals surface area contributed by atoms with Crippen LogP contribution in [0.4, 0.5) is 0 Å². The average Bonchev–Trinajstić information content (AvgIpc) is 1.98. The molecular weight excluding hydrogens is 158 g/mol. The van der Waals surface area contributed by atoms with Gasteiger partial charge in [0.05, 0.1) is 0 Å². The molecule has 0 aliphatic heterocycles. The smallest absolute Gasteiger partial charge is 0.334 e. The molecule has 0 saturated heterocycles. The fourth-order valence-electron chi connectivity index (χ4n) is 0.648. The lowest BCUT2D eigenvalue weighted by Crippen LogP contribution is -2.18. The van der Waals surface area contributed by atoms with Crippen molar-refractivity contribution in [3.05, 3.63) is 11.8 Å². The minimum atomic E-state index is -0.479. The molecule has 0 bridgehead atoms. The summed E-state index contributed by atoms with van der Waals surface area (Å²) >= 11 is 0. The summed E-state index contributed by atoms with van der Waals surface area (Å²) in [6, 6.07) is 0. The molecular formula is C8H15NO3. The molecule has 0 spiro atoms. The van der Waals surface area contributed by atoms with E-state index in [1.54, 1.807) is 6.92 Å². The van der Waals surface area contributed by atoms with Crippen LogP contribution in [0.1, 0.15) is 20.3 Å². The summed E-state index contributed by atoms with van der Waals surface area (Å²) < 4.78 is 9.68. The van der Waals surface area contributed by atoms with E-state index in [9.17, 15) is 4.79 Å². The van der Waals surface area contributed by atoms with Crippen LogP contribution in [0.2, 0.25) is 0 Å². The SMILES string of the molecule is CCC(OC)OC(=O)C=C(C)N. The van der Waals surface area contributed by atoms with E-state index >= 15 is 0 Å². The molecule has 0 aliphatic carbocycles. The Hall–Kier alpha value is -1.03. The van der Waals surface area contributed by atoms with Gasteiger partial charge in [0.2, 0.25) is 6.29 Å². The van der Waals surface area contributed by atoms with Crippen molar-refractivity contribution < 1.29 is 14.3 Å². The van der Waals surface area contributed by atoms with Gasteiger partial charge < -0.3 is 15.2 Å². The lowest BCUT2D eigenvalue weighted by molar-refractivity contribution is -0.167. The first kappa shape index (κ1) is 11.0. The molecule has 0 radical (unpaired) electrons. The summed E-state index contributed by atoms with van der Waals surface area (Å²) in [6.45, 7) is 3.48. The van der Waals surface area contributed by atoms with Crippen LogP contribution < -0.4 is 5.73 Å². The van der Waals surface area contributed by atoms with Crippen molar-refractivity contribution in [1.29, 1.82) is 0 Å². The highest BCUT2D eigenvalue weighted by molar-refractivity contribution is 5.82. The van der Waals surface area contributed by atoms with Gasteiger partial charge in [0, 0.05) is 25.3 Å². The minimum Gasteiger partial charge on any atom is -0.433 e. The first-order valence-corrected chi connectivity index (χ1v) is 3.77. The van der Waals surface area contributed by atoms with Gasteiger partial charge in [-0.3, -0.25) is 0 Å². The highest BCUT2D eigenvalue weighted by Gasteiger charge is 2.08. The van der Waals surface area contributed by atoms with Gasteiger partial charge in [-0.2, -0.15) is 0 Å². The molecule has 0 amide bonds. The second kappa shape index (κ2) is 5.60. The summed E-state index contributed by atoms with van der Waals surface area (Å²) in [5.41, 5.74) is 5.69. The maximum Gasteiger partial charge on any atom is 0.334 e. The molecule has 0 fully saturated rings. The van der Waals surface area contributed by atoms with E-state index in [-0.39, 0.29) is 0 Å². The van der Waals surface area contributed by atoms with E-state index in [4.69, 9.17) is 15.2 Å². The molecule has 0 saturated carbocycles. The van der Waals surface area contributed by atoms with Gasteiger partial charge in [-0.25, -0.2) is 4.79 Å². The van der Waals surface area contributed by atoms with Gasteiger partial charge in [-0.15, -0.1) is 0 Å². The highest BCUT2D eigenvalue weighted by Crippen LogP contribution is 1.99. The molecule has 4 heteroatoms. The predicted molar refractivity (Wildman–Crippen MR) is 45.1 cm³/mol. The first-order chi connectivity index (χ1) is 5.60. The largest absolute Gasteiger partial charge is 0.433 e. The van der Waals surface area contributed by atoms with Crippen LogP contribution in [0.25, 0.3) is 0 Å². The van der Waals surface area contributed by atoms with E-state index in [0.717, 1.165) is 0 Å². The van der Waals surface area contributed by atoms with E-state index in [1.807, 2.05) is 6.92 Å². The van der Waals surface area contributed by atoms with Crippen molar-refractivity contribution in [3.63, 3.8) is 0 Å². The molecule has 12 heavy (non-hydrogen) atoms. The molecule has 0 aromatic carbocycles. The van der Waals surface area contributed by atoms with Gasteiger partial charge in [-0.05, 0) is 6.92 Å². The third kappa shape index (κ3) is 4.73. The molecule has 4 nitrogen and oxygen atoms in total. The number of nitrogens with two attached hydrogens (primary N) is 1. The van der Waals surface area contributed by atoms with Gasteiger partial charge in [0.15, 0.2) is 0 Å². The van der Waals surface area contributed by atoms with Crippen molar-refractivity contribution in [2.75, 3.05) is 7.11 Å². The van der Waals surface area contributed by atoms with Crippen molar-refractivity contribution in [2.24, 2.45) is 5.73 Å². The van der Waals surface area contributed by atoms with Gasteiger partial charge in [0.25, 0.3) is 0 Å². The maximum absolute atomic E-state index is 10.9. The van der Waals surface area contributed by atoms with Crippen molar-refractivity contribution in [1.82, 2.24) is 0 Å². The molecule has 1 atom stereocenters. The fraction of sp³-hybridized carbons (Fsp3) is 0.625. The van der Waals surface area contributed by atoms with Crippen LogP contribution in [0.3, 0.4) is 0 Å². The molecule has 0 aliphatic rings. The van der Waals surface area contributed by atoms with Gasteiger partial charge >= 0.3 is 5.97 Å². The minimum absolute atomic E-state index is 0.422. The number of carbonyl (C=O) groups is 1. The zero-order valence-corrected chi connectivity index (χ0v) is 7.66. The van der Waals surface area contributed by atoms with Crippen LogP contribution in [0.15, 0.2) is 11.8 Å². The van der Waals surface area contributed by atoms with Crippen LogP contribution in [0.5, 0.6) is 0 Å². The summed E-state index contributed by atoms with van der Waals surface area (Å²) in [5, 5.41) is 0. The number of hydrogen-bond donors (Lipinski definition) is 1. The van der Waals surface area contributed by atoms with E-state index in [2.05, 4.69) is 0 Å². The summed E-state index contributed by atoms with van der Waals surface area (Å²) in [5.74, 6) is -0.469. The monoisotopic (exact) mass is 173 g/mol. The summed E-state index contributed by atoms with van der Waals surface area (Å²) in [7, 11) is 1.49. The number of rotatable bonds is 4. The Morgan fingerprint density at radius 1 is 1.67 bits per heavy atom. The van der Waals surface area contributed by atoms with Crippen LogP contribution in [0, 0.1) is 0 Å². The quantitative estimate of drug-likeness (QED) is 0.387. The van der Waals surface area contributed by atoms with Gasteiger partial charge in [0.1, 0.15) is 0 Å². The standard InChI is InChI=1S/C8H15NO3/c1-4-8(11-3)12-7(10)5-6(2)9/h5,8H,4,9H2,1-3H3. The Kier molecular flexibility index (Phi) is 5.12. The van der Waals surface area contributed by atoms with Crippen LogP contribution in [-0.2, 0) is 14.3 Å². The average molecular weight is 173 g/mol. The zero-order chi connectivity index (χ0) is 9.56.